The van der Waals surface area contributed by atoms with Crippen molar-refractivity contribution in [3.8, 4) is 11.5 Å². The smallest absolute Gasteiger partial charge is 0.329 e. The summed E-state index contributed by atoms with van der Waals surface area (Å²) in [5.74, 6) is -12.6. The van der Waals surface area contributed by atoms with E-state index in [1.807, 2.05) is 30.3 Å². The maximum absolute atomic E-state index is 15.7. The Bertz CT molecular complexity index is 3830. The first-order valence-electron chi connectivity index (χ1n) is 33.3. The van der Waals surface area contributed by atoms with Crippen LogP contribution in [0.3, 0.4) is 0 Å². The maximum Gasteiger partial charge on any atom is 0.329 e. The highest BCUT2D eigenvalue weighted by molar-refractivity contribution is 6.11. The molecular formula is C69H93N13O16. The molecule has 0 spiro atoms. The number of nitrogens with two attached hydrogens (primary N) is 1. The van der Waals surface area contributed by atoms with Crippen molar-refractivity contribution < 1.29 is 71.4 Å². The minimum atomic E-state index is -1.91. The molecule has 0 bridgehead atoms. The summed E-state index contributed by atoms with van der Waals surface area (Å²) < 4.78 is 18.7. The summed E-state index contributed by atoms with van der Waals surface area (Å²) in [6, 6.07) is -0.303. The lowest BCUT2D eigenvalue weighted by Crippen LogP contribution is -2.61. The van der Waals surface area contributed by atoms with Crippen molar-refractivity contribution in [3.63, 3.8) is 0 Å². The molecule has 0 aromatic heterocycles. The van der Waals surface area contributed by atoms with Gasteiger partial charge in [0.2, 0.25) is 52.7 Å². The molecule has 4 saturated heterocycles. The number of hydrogen-bond acceptors (Lipinski definition) is 19. The number of carbonyl (C=O) groups is 12. The molecule has 5 heterocycles. The van der Waals surface area contributed by atoms with E-state index in [0.29, 0.717) is 18.4 Å². The number of anilines is 2. The summed E-state index contributed by atoms with van der Waals surface area (Å²) in [7, 11) is 5.59. The molecule has 0 saturated carbocycles. The van der Waals surface area contributed by atoms with E-state index in [4.69, 9.17) is 24.6 Å². The predicted octanol–water partition coefficient (Wildman–Crippen LogP) is 2.34. The van der Waals surface area contributed by atoms with E-state index in [1.165, 1.54) is 74.6 Å². The van der Waals surface area contributed by atoms with E-state index < -0.39 is 191 Å². The molecule has 29 nitrogen and oxygen atoms in total. The van der Waals surface area contributed by atoms with Crippen LogP contribution in [0, 0.1) is 37.5 Å². The van der Waals surface area contributed by atoms with E-state index in [0.717, 1.165) is 15.4 Å². The van der Waals surface area contributed by atoms with Crippen LogP contribution in [-0.4, -0.2) is 220 Å². The number of cyclic esters (lactones) is 2. The SMILES string of the molecule is Cc1c2oc3c(C)c(NCc4ccccc4)cc(C(=O)N[C@@H]4C(=O)N[C@@H](C(C)C)C(=O)N5CCC[C@H]5C(=O)N(C)CC(=O)N(C)[C@@H](C(C)C)C(=O)O[C@H]4C)c3nc-2c(C(=O)N[C@@H]2C(=O)N[C@@H](C(C)C)C(=O)N3CCC[C@H]3C(=O)N(C)CC(=O)N(C)[C@@H](C(C)C)C(=O)O[C@H]2C)c(N)c1=O. The molecule has 0 unspecified atom stereocenters. The summed E-state index contributed by atoms with van der Waals surface area (Å²) in [4.78, 5) is 202. The van der Waals surface area contributed by atoms with Gasteiger partial charge in [-0.25, -0.2) is 14.6 Å². The zero-order chi connectivity index (χ0) is 72.4. The zero-order valence-corrected chi connectivity index (χ0v) is 58.7. The van der Waals surface area contributed by atoms with Gasteiger partial charge in [0.05, 0.1) is 29.9 Å². The van der Waals surface area contributed by atoms with Gasteiger partial charge in [0, 0.05) is 64.6 Å². The largest absolute Gasteiger partial charge is 0.458 e. The maximum atomic E-state index is 15.7. The van der Waals surface area contributed by atoms with E-state index >= 15 is 19.2 Å². The van der Waals surface area contributed by atoms with Crippen LogP contribution in [0.5, 0.6) is 0 Å². The van der Waals surface area contributed by atoms with Gasteiger partial charge < -0.3 is 75.6 Å². The molecule has 8 rings (SSSR count). The van der Waals surface area contributed by atoms with E-state index in [9.17, 15) is 43.2 Å². The summed E-state index contributed by atoms with van der Waals surface area (Å²) in [5, 5.41) is 14.2. The highest BCUT2D eigenvalue weighted by Gasteiger charge is 2.47. The Morgan fingerprint density at radius 1 is 0.622 bits per heavy atom. The number of aryl methyl sites for hydroxylation is 1. The Morgan fingerprint density at radius 2 is 1.07 bits per heavy atom. The van der Waals surface area contributed by atoms with Crippen molar-refractivity contribution in [3.05, 3.63) is 74.4 Å². The number of nitrogen functional groups attached to an aromatic ring is 1. The number of rotatable bonds is 11. The predicted molar refractivity (Wildman–Crippen MR) is 359 cm³/mol. The van der Waals surface area contributed by atoms with Crippen LogP contribution < -0.4 is 37.7 Å². The summed E-state index contributed by atoms with van der Waals surface area (Å²) in [6.45, 7) is 18.6. The first kappa shape index (κ1) is 74.1. The molecule has 29 heteroatoms. The van der Waals surface area contributed by atoms with Crippen LogP contribution in [0.1, 0.15) is 132 Å². The molecule has 98 heavy (non-hydrogen) atoms. The Kier molecular flexibility index (Phi) is 23.0. The summed E-state index contributed by atoms with van der Waals surface area (Å²) in [6.07, 6.45) is -1.75. The van der Waals surface area contributed by atoms with Gasteiger partial charge in [0.1, 0.15) is 71.8 Å². The van der Waals surface area contributed by atoms with Gasteiger partial charge in [0.25, 0.3) is 11.8 Å². The lowest BCUT2D eigenvalue weighted by Gasteiger charge is -2.36. The molecule has 7 N–H and O–H groups in total. The Morgan fingerprint density at radius 3 is 1.51 bits per heavy atom. The fraction of sp³-hybridized carbons (Fsp3) is 0.565. The first-order valence-corrected chi connectivity index (χ1v) is 33.3. The van der Waals surface area contributed by atoms with Crippen LogP contribution in [0.25, 0.3) is 22.6 Å². The fourth-order valence-electron chi connectivity index (χ4n) is 13.3. The topological polar surface area (TPSA) is 372 Å². The highest BCUT2D eigenvalue weighted by Crippen LogP contribution is 2.38. The zero-order valence-electron chi connectivity index (χ0n) is 58.7. The van der Waals surface area contributed by atoms with Gasteiger partial charge in [-0.15, -0.1) is 0 Å². The summed E-state index contributed by atoms with van der Waals surface area (Å²) in [5.41, 5.74) is 4.55. The normalized spacial score (nSPS) is 25.0. The van der Waals surface area contributed by atoms with Crippen molar-refractivity contribution in [2.24, 2.45) is 23.7 Å². The average Bonchev–Trinajstić information content (AvgIpc) is 0.737. The van der Waals surface area contributed by atoms with Crippen LogP contribution in [0.4, 0.5) is 11.4 Å². The molecular weight excluding hydrogens is 1270 g/mol. The third-order valence-corrected chi connectivity index (χ3v) is 19.0. The van der Waals surface area contributed by atoms with Crippen LogP contribution >= 0.6 is 0 Å². The molecule has 2 aromatic carbocycles. The molecule has 530 valence electrons. The number of benzene rings is 3. The van der Waals surface area contributed by atoms with Crippen LogP contribution in [0.15, 0.2) is 45.6 Å². The first-order chi connectivity index (χ1) is 46.1. The van der Waals surface area contributed by atoms with E-state index in [2.05, 4.69) is 26.6 Å². The Balaban J connectivity index is 1.27. The number of hydrogen-bond donors (Lipinski definition) is 6. The number of nitrogens with one attached hydrogen (secondary N) is 5. The highest BCUT2D eigenvalue weighted by atomic mass is 16.6. The lowest BCUT2D eigenvalue weighted by molar-refractivity contribution is -0.163. The second-order valence-corrected chi connectivity index (χ2v) is 27.5. The third kappa shape index (κ3) is 15.2. The van der Waals surface area contributed by atoms with Crippen molar-refractivity contribution in [1.29, 1.82) is 0 Å². The second kappa shape index (κ2) is 30.4. The molecule has 4 fully saturated rings. The number of nitrogens with zero attached hydrogens (tertiary/aromatic N) is 7. The average molecular weight is 1360 g/mol. The van der Waals surface area contributed by atoms with Crippen molar-refractivity contribution >= 4 is 93.5 Å². The monoisotopic (exact) mass is 1360 g/mol. The molecule has 10 amide bonds. The van der Waals surface area contributed by atoms with Crippen molar-refractivity contribution in [1.82, 2.24) is 55.7 Å². The Labute approximate surface area is 569 Å². The van der Waals surface area contributed by atoms with Crippen molar-refractivity contribution in [2.45, 2.75) is 176 Å². The lowest BCUT2D eigenvalue weighted by atomic mass is 9.98. The molecule has 0 radical (unpaired) electrons. The van der Waals surface area contributed by atoms with Gasteiger partial charge in [-0.1, -0.05) is 85.7 Å². The van der Waals surface area contributed by atoms with E-state index in [-0.39, 0.29) is 66.2 Å². The standard InChI is InChI=1S/C69H93N13O16/c1-32(2)49-66(92)81-26-20-24-43(81)64(90)77(13)30-45(83)79(15)55(34(5)6)68(94)96-38(11)51(62(88)73-49)75-60(86)41-28-42(71-29-40-22-18-17-19-23-40)36(9)58-53(41)72-54-47(48(70)57(85)37(10)59(54)98-58)61(87)76-52-39(12)97-69(95)56(35(7)8)80(16)46(84)31-78(14)65(91)44-25-21-27-82(44)67(93)50(33(3)4)74-63(52)89/h17-19,22-23,28,32-35,38-39,43-44,49-52,55-56,71H,20-21,24-27,29-31,70H2,1-16H3,(H,73,88)(H,74,89)(H,75,86)(H,76,87)/t38-,39-,43-,44-,49-,50-,51-,52-,55-,56-/m0/s1. The van der Waals surface area contributed by atoms with E-state index in [1.54, 1.807) is 62.3 Å². The number of esters is 2. The fourth-order valence-corrected chi connectivity index (χ4v) is 13.3. The van der Waals surface area contributed by atoms with Gasteiger partial charge in [-0.3, -0.25) is 52.7 Å². The molecule has 5 aliphatic heterocycles. The van der Waals surface area contributed by atoms with Gasteiger partial charge in [0.15, 0.2) is 11.3 Å². The third-order valence-electron chi connectivity index (χ3n) is 19.0. The summed E-state index contributed by atoms with van der Waals surface area (Å²) >= 11 is 0. The number of fused-ring (bicyclic) bond motifs is 4. The molecule has 10 atom stereocenters. The molecule has 2 aromatic rings. The number of carbonyl (C=O) groups excluding carboxylic acids is 12. The number of amides is 10. The van der Waals surface area contributed by atoms with Crippen molar-refractivity contribution in [2.75, 3.05) is 65.4 Å². The quantitative estimate of drug-likeness (QED) is 0.0713. The minimum absolute atomic E-state index is 0.113. The number of aromatic nitrogens is 1. The molecule has 6 aliphatic rings. The van der Waals surface area contributed by atoms with Crippen LogP contribution in [-0.2, 0) is 64.0 Å². The van der Waals surface area contributed by atoms with Gasteiger partial charge >= 0.3 is 11.9 Å². The molecule has 1 aliphatic carbocycles. The van der Waals surface area contributed by atoms with Crippen LogP contribution in [0.2, 0.25) is 0 Å². The number of likely N-dealkylation sites (N-methyl/N-ethyl adjacent to an activating group) is 4. The Hall–Kier alpha value is -9.70. The number of ether oxygens (including phenoxy) is 2. The van der Waals surface area contributed by atoms with Gasteiger partial charge in [-0.2, -0.15) is 0 Å². The van der Waals surface area contributed by atoms with Gasteiger partial charge in [-0.05, 0) is 88.7 Å². The second-order valence-electron chi connectivity index (χ2n) is 27.5. The minimum Gasteiger partial charge on any atom is -0.458 e.